The summed E-state index contributed by atoms with van der Waals surface area (Å²) in [7, 11) is 1.48. The lowest BCUT2D eigenvalue weighted by Crippen LogP contribution is -1.86. The molecule has 0 fully saturated rings. The summed E-state index contributed by atoms with van der Waals surface area (Å²) in [5.74, 6) is 0.0116. The Morgan fingerprint density at radius 2 is 2.23 bits per heavy atom. The zero-order valence-electron chi connectivity index (χ0n) is 6.80. The molecule has 4 heteroatoms. The van der Waals surface area contributed by atoms with Crippen molar-refractivity contribution >= 4 is 37.4 Å². The fourth-order valence-corrected chi connectivity index (χ4v) is 2.89. The summed E-state index contributed by atoms with van der Waals surface area (Å²) in [6.45, 7) is 0. The molecule has 0 aliphatic rings. The van der Waals surface area contributed by atoms with Crippen LogP contribution in [-0.2, 0) is 0 Å². The minimum Gasteiger partial charge on any atom is -0.492 e. The number of methoxy groups -OCH3 is 1. The van der Waals surface area contributed by atoms with E-state index < -0.39 is 0 Å². The van der Waals surface area contributed by atoms with Crippen LogP contribution in [0.3, 0.4) is 0 Å². The molecule has 0 aliphatic heterocycles. The molecule has 13 heavy (non-hydrogen) atoms. The SMILES string of the molecule is COc1c(F)ccc2c(Br)csc12. The van der Waals surface area contributed by atoms with Crippen LogP contribution in [0.25, 0.3) is 10.1 Å². The van der Waals surface area contributed by atoms with Gasteiger partial charge in [-0.25, -0.2) is 4.39 Å². The number of thiophene rings is 1. The Balaban J connectivity index is 2.85. The van der Waals surface area contributed by atoms with Gasteiger partial charge >= 0.3 is 0 Å². The summed E-state index contributed by atoms with van der Waals surface area (Å²) in [5, 5.41) is 2.91. The summed E-state index contributed by atoms with van der Waals surface area (Å²) in [6, 6.07) is 3.16. The first-order valence-corrected chi connectivity index (χ1v) is 5.30. The van der Waals surface area contributed by atoms with E-state index in [4.69, 9.17) is 4.74 Å². The lowest BCUT2D eigenvalue weighted by atomic mass is 10.2. The van der Waals surface area contributed by atoms with Crippen molar-refractivity contribution in [1.29, 1.82) is 0 Å². The Morgan fingerprint density at radius 1 is 1.46 bits per heavy atom. The largest absolute Gasteiger partial charge is 0.492 e. The maximum Gasteiger partial charge on any atom is 0.172 e. The molecule has 0 saturated heterocycles. The lowest BCUT2D eigenvalue weighted by Gasteiger charge is -2.02. The van der Waals surface area contributed by atoms with Gasteiger partial charge in [-0.3, -0.25) is 0 Å². The standard InChI is InChI=1S/C9H6BrFOS/c1-12-8-7(11)3-2-5-6(10)4-13-9(5)8/h2-4H,1H3. The molecular weight excluding hydrogens is 255 g/mol. The third-order valence-corrected chi connectivity index (χ3v) is 3.76. The maximum absolute atomic E-state index is 13.2. The van der Waals surface area contributed by atoms with Gasteiger partial charge in [-0.15, -0.1) is 11.3 Å². The fraction of sp³-hybridized carbons (Fsp3) is 0.111. The Hall–Kier alpha value is -0.610. The Kier molecular flexibility index (Phi) is 2.26. The van der Waals surface area contributed by atoms with E-state index in [2.05, 4.69) is 15.9 Å². The highest BCUT2D eigenvalue weighted by Gasteiger charge is 2.11. The second-order valence-corrected chi connectivity index (χ2v) is 4.27. The summed E-state index contributed by atoms with van der Waals surface area (Å²) < 4.78 is 20.0. The van der Waals surface area contributed by atoms with Gasteiger partial charge in [-0.05, 0) is 28.1 Å². The summed E-state index contributed by atoms with van der Waals surface area (Å²) in [4.78, 5) is 0. The molecule has 0 spiro atoms. The average molecular weight is 261 g/mol. The first-order valence-electron chi connectivity index (χ1n) is 3.63. The van der Waals surface area contributed by atoms with Crippen LogP contribution in [0.4, 0.5) is 4.39 Å². The highest BCUT2D eigenvalue weighted by atomic mass is 79.9. The molecule has 0 amide bonds. The van der Waals surface area contributed by atoms with Crippen molar-refractivity contribution in [2.45, 2.75) is 0 Å². The van der Waals surface area contributed by atoms with E-state index in [1.54, 1.807) is 6.07 Å². The average Bonchev–Trinajstić information content (AvgIpc) is 2.48. The number of fused-ring (bicyclic) bond motifs is 1. The molecule has 0 aliphatic carbocycles. The molecule has 1 heterocycles. The molecular formula is C9H6BrFOS. The summed E-state index contributed by atoms with van der Waals surface area (Å²) >= 11 is 4.85. The quantitative estimate of drug-likeness (QED) is 0.758. The van der Waals surface area contributed by atoms with E-state index in [9.17, 15) is 4.39 Å². The number of hydrogen-bond donors (Lipinski definition) is 0. The van der Waals surface area contributed by atoms with E-state index in [1.165, 1.54) is 24.5 Å². The monoisotopic (exact) mass is 260 g/mol. The first-order chi connectivity index (χ1) is 6.24. The van der Waals surface area contributed by atoms with Gasteiger partial charge in [0.05, 0.1) is 11.8 Å². The van der Waals surface area contributed by atoms with Crippen LogP contribution in [0.15, 0.2) is 22.0 Å². The number of ether oxygens (including phenoxy) is 1. The smallest absolute Gasteiger partial charge is 0.172 e. The minimum atomic E-state index is -0.315. The van der Waals surface area contributed by atoms with Gasteiger partial charge in [0, 0.05) is 15.2 Å². The lowest BCUT2D eigenvalue weighted by molar-refractivity contribution is 0.392. The Morgan fingerprint density at radius 3 is 2.92 bits per heavy atom. The predicted molar refractivity (Wildman–Crippen MR) is 56.0 cm³/mol. The van der Waals surface area contributed by atoms with Crippen LogP contribution in [-0.4, -0.2) is 7.11 Å². The normalized spacial score (nSPS) is 10.7. The Labute approximate surface area is 87.3 Å². The van der Waals surface area contributed by atoms with Gasteiger partial charge in [-0.2, -0.15) is 0 Å². The van der Waals surface area contributed by atoms with E-state index in [0.717, 1.165) is 14.6 Å². The molecule has 0 unspecified atom stereocenters. The number of hydrogen-bond acceptors (Lipinski definition) is 2. The second-order valence-electron chi connectivity index (χ2n) is 2.54. The summed E-state index contributed by atoms with van der Waals surface area (Å²) in [5.41, 5.74) is 0. The highest BCUT2D eigenvalue weighted by molar-refractivity contribution is 9.10. The molecule has 0 N–H and O–H groups in total. The van der Waals surface area contributed by atoms with Crippen molar-refractivity contribution in [1.82, 2.24) is 0 Å². The van der Waals surface area contributed by atoms with Gasteiger partial charge in [0.25, 0.3) is 0 Å². The van der Waals surface area contributed by atoms with Crippen molar-refractivity contribution in [3.63, 3.8) is 0 Å². The zero-order valence-corrected chi connectivity index (χ0v) is 9.21. The van der Waals surface area contributed by atoms with Gasteiger partial charge in [-0.1, -0.05) is 0 Å². The zero-order chi connectivity index (χ0) is 9.42. The van der Waals surface area contributed by atoms with Crippen molar-refractivity contribution in [3.05, 3.63) is 27.8 Å². The number of benzene rings is 1. The van der Waals surface area contributed by atoms with Gasteiger partial charge < -0.3 is 4.74 Å². The minimum absolute atomic E-state index is 0.315. The first kappa shape index (κ1) is 8.97. The van der Waals surface area contributed by atoms with Crippen LogP contribution < -0.4 is 4.74 Å². The molecule has 1 nitrogen and oxygen atoms in total. The molecule has 1 aromatic carbocycles. The van der Waals surface area contributed by atoms with Gasteiger partial charge in [0.15, 0.2) is 11.6 Å². The van der Waals surface area contributed by atoms with Gasteiger partial charge in [0.2, 0.25) is 0 Å². The predicted octanol–water partition coefficient (Wildman–Crippen LogP) is 3.81. The molecule has 0 atom stereocenters. The molecule has 2 aromatic rings. The van der Waals surface area contributed by atoms with Crippen LogP contribution in [0.5, 0.6) is 5.75 Å². The molecule has 0 radical (unpaired) electrons. The fourth-order valence-electron chi connectivity index (χ4n) is 1.21. The molecule has 2 rings (SSSR count). The van der Waals surface area contributed by atoms with Crippen molar-refractivity contribution < 1.29 is 9.13 Å². The van der Waals surface area contributed by atoms with Gasteiger partial charge in [0.1, 0.15) is 0 Å². The molecule has 0 bridgehead atoms. The highest BCUT2D eigenvalue weighted by Crippen LogP contribution is 2.37. The van der Waals surface area contributed by atoms with Crippen molar-refractivity contribution in [2.75, 3.05) is 7.11 Å². The van der Waals surface area contributed by atoms with E-state index in [0.29, 0.717) is 5.75 Å². The molecule has 68 valence electrons. The molecule has 0 saturated carbocycles. The van der Waals surface area contributed by atoms with Crippen molar-refractivity contribution in [2.24, 2.45) is 0 Å². The topological polar surface area (TPSA) is 9.23 Å². The number of rotatable bonds is 1. The van der Waals surface area contributed by atoms with Crippen LogP contribution in [0, 0.1) is 5.82 Å². The van der Waals surface area contributed by atoms with Crippen LogP contribution >= 0.6 is 27.3 Å². The second kappa shape index (κ2) is 3.27. The summed E-state index contributed by atoms with van der Waals surface area (Å²) in [6.07, 6.45) is 0. The third-order valence-electron chi connectivity index (χ3n) is 1.81. The van der Waals surface area contributed by atoms with Crippen LogP contribution in [0.2, 0.25) is 0 Å². The van der Waals surface area contributed by atoms with Crippen molar-refractivity contribution in [3.8, 4) is 5.75 Å². The van der Waals surface area contributed by atoms with E-state index in [-0.39, 0.29) is 5.82 Å². The molecule has 1 aromatic heterocycles. The third kappa shape index (κ3) is 1.34. The van der Waals surface area contributed by atoms with E-state index >= 15 is 0 Å². The number of halogens is 2. The van der Waals surface area contributed by atoms with E-state index in [1.807, 2.05) is 5.38 Å². The maximum atomic E-state index is 13.2. The van der Waals surface area contributed by atoms with Crippen LogP contribution in [0.1, 0.15) is 0 Å². The Bertz CT molecular complexity index is 452.